The van der Waals surface area contributed by atoms with Gasteiger partial charge in [-0.05, 0) is 13.3 Å². The van der Waals surface area contributed by atoms with E-state index in [2.05, 4.69) is 5.32 Å². The van der Waals surface area contributed by atoms with Gasteiger partial charge in [-0.1, -0.05) is 6.92 Å². The Bertz CT molecular complexity index is 432. The average molecular weight is 262 g/mol. The lowest BCUT2D eigenvalue weighted by Crippen LogP contribution is -2.65. The van der Waals surface area contributed by atoms with Crippen molar-refractivity contribution in [1.29, 1.82) is 0 Å². The summed E-state index contributed by atoms with van der Waals surface area (Å²) in [4.78, 5) is 24.8. The second-order valence-electron chi connectivity index (χ2n) is 4.59. The summed E-state index contributed by atoms with van der Waals surface area (Å²) in [5.74, 6) is -0.586. The highest BCUT2D eigenvalue weighted by molar-refractivity contribution is 7.90. The third kappa shape index (κ3) is 3.42. The molecule has 0 spiro atoms. The van der Waals surface area contributed by atoms with E-state index in [0.717, 1.165) is 6.26 Å². The SMILES string of the molecule is CCC1(C)NC(=O)CN(CCS(C)(=O)=O)C1=O. The van der Waals surface area contributed by atoms with Crippen LogP contribution in [0.15, 0.2) is 0 Å². The first-order chi connectivity index (χ1) is 7.68. The second kappa shape index (κ2) is 4.64. The van der Waals surface area contributed by atoms with Crippen LogP contribution in [0, 0.1) is 0 Å². The zero-order valence-corrected chi connectivity index (χ0v) is 11.1. The van der Waals surface area contributed by atoms with E-state index in [4.69, 9.17) is 0 Å². The molecule has 98 valence electrons. The first-order valence-corrected chi connectivity index (χ1v) is 7.52. The number of rotatable bonds is 4. The van der Waals surface area contributed by atoms with E-state index in [9.17, 15) is 18.0 Å². The van der Waals surface area contributed by atoms with Crippen LogP contribution in [0.2, 0.25) is 0 Å². The van der Waals surface area contributed by atoms with Crippen LogP contribution in [0.25, 0.3) is 0 Å². The van der Waals surface area contributed by atoms with Crippen molar-refractivity contribution < 1.29 is 18.0 Å². The van der Waals surface area contributed by atoms with Gasteiger partial charge < -0.3 is 10.2 Å². The van der Waals surface area contributed by atoms with Crippen LogP contribution in [-0.2, 0) is 19.4 Å². The van der Waals surface area contributed by atoms with Crippen molar-refractivity contribution in [3.8, 4) is 0 Å². The number of nitrogens with one attached hydrogen (secondary N) is 1. The number of hydrogen-bond acceptors (Lipinski definition) is 4. The van der Waals surface area contributed by atoms with Crippen LogP contribution >= 0.6 is 0 Å². The predicted octanol–water partition coefficient (Wildman–Crippen LogP) is -0.842. The van der Waals surface area contributed by atoms with Crippen LogP contribution in [0.1, 0.15) is 20.3 Å². The normalized spacial score (nSPS) is 25.9. The van der Waals surface area contributed by atoms with Gasteiger partial charge in [0, 0.05) is 12.8 Å². The molecule has 1 fully saturated rings. The Kier molecular flexibility index (Phi) is 3.81. The summed E-state index contributed by atoms with van der Waals surface area (Å²) in [5.41, 5.74) is -0.910. The Balaban J connectivity index is 2.79. The lowest BCUT2D eigenvalue weighted by Gasteiger charge is -2.39. The fourth-order valence-electron chi connectivity index (χ4n) is 1.69. The van der Waals surface area contributed by atoms with Crippen molar-refractivity contribution in [2.75, 3.05) is 25.1 Å². The van der Waals surface area contributed by atoms with Gasteiger partial charge in [0.15, 0.2) is 0 Å². The molecular weight excluding hydrogens is 244 g/mol. The van der Waals surface area contributed by atoms with Crippen molar-refractivity contribution in [2.45, 2.75) is 25.8 Å². The highest BCUT2D eigenvalue weighted by Crippen LogP contribution is 2.17. The largest absolute Gasteiger partial charge is 0.340 e. The fraction of sp³-hybridized carbons (Fsp3) is 0.800. The van der Waals surface area contributed by atoms with Crippen LogP contribution < -0.4 is 5.32 Å². The third-order valence-corrected chi connectivity index (χ3v) is 3.87. The quantitative estimate of drug-likeness (QED) is 0.716. The van der Waals surface area contributed by atoms with Gasteiger partial charge >= 0.3 is 0 Å². The molecule has 0 aromatic rings. The summed E-state index contributed by atoms with van der Waals surface area (Å²) in [6.07, 6.45) is 1.59. The van der Waals surface area contributed by atoms with E-state index in [1.54, 1.807) is 13.8 Å². The smallest absolute Gasteiger partial charge is 0.248 e. The molecule has 1 unspecified atom stereocenters. The number of carbonyl (C=O) groups is 2. The van der Waals surface area contributed by atoms with Crippen molar-refractivity contribution in [1.82, 2.24) is 10.2 Å². The van der Waals surface area contributed by atoms with E-state index in [0.29, 0.717) is 6.42 Å². The number of nitrogens with zero attached hydrogens (tertiary/aromatic N) is 1. The van der Waals surface area contributed by atoms with Crippen LogP contribution in [0.4, 0.5) is 0 Å². The first kappa shape index (κ1) is 14.0. The van der Waals surface area contributed by atoms with Gasteiger partial charge in [0.2, 0.25) is 11.8 Å². The molecule has 1 heterocycles. The Morgan fingerprint density at radius 1 is 1.41 bits per heavy atom. The molecule has 1 aliphatic rings. The van der Waals surface area contributed by atoms with Gasteiger partial charge in [-0.2, -0.15) is 0 Å². The minimum Gasteiger partial charge on any atom is -0.340 e. The number of piperazine rings is 1. The standard InChI is InChI=1S/C10H18N2O4S/c1-4-10(2)9(14)12(7-8(13)11-10)5-6-17(3,15)16/h4-7H2,1-3H3,(H,11,13). The molecule has 0 radical (unpaired) electrons. The first-order valence-electron chi connectivity index (χ1n) is 5.46. The van der Waals surface area contributed by atoms with Gasteiger partial charge in [-0.15, -0.1) is 0 Å². The summed E-state index contributed by atoms with van der Waals surface area (Å²) in [6.45, 7) is 3.46. The van der Waals surface area contributed by atoms with Gasteiger partial charge in [0.1, 0.15) is 15.4 Å². The number of amides is 2. The summed E-state index contributed by atoms with van der Waals surface area (Å²) in [5, 5.41) is 2.64. The predicted molar refractivity (Wildman–Crippen MR) is 63.1 cm³/mol. The topological polar surface area (TPSA) is 83.6 Å². The maximum atomic E-state index is 12.1. The summed E-state index contributed by atoms with van der Waals surface area (Å²) in [7, 11) is -3.13. The van der Waals surface area contributed by atoms with E-state index >= 15 is 0 Å². The van der Waals surface area contributed by atoms with E-state index in [-0.39, 0.29) is 30.7 Å². The summed E-state index contributed by atoms with van der Waals surface area (Å²) in [6, 6.07) is 0. The van der Waals surface area contributed by atoms with Gasteiger partial charge in [-0.3, -0.25) is 9.59 Å². The molecule has 1 rings (SSSR count). The number of hydrogen-bond donors (Lipinski definition) is 1. The fourth-order valence-corrected chi connectivity index (χ4v) is 2.24. The molecule has 1 atom stereocenters. The Morgan fingerprint density at radius 2 is 2.00 bits per heavy atom. The van der Waals surface area contributed by atoms with Crippen molar-refractivity contribution in [3.63, 3.8) is 0 Å². The third-order valence-electron chi connectivity index (χ3n) is 2.95. The van der Waals surface area contributed by atoms with Crippen LogP contribution in [0.5, 0.6) is 0 Å². The van der Waals surface area contributed by atoms with E-state index < -0.39 is 15.4 Å². The minimum absolute atomic E-state index is 0.0655. The molecule has 1 N–H and O–H groups in total. The zero-order valence-electron chi connectivity index (χ0n) is 10.3. The molecule has 2 amide bonds. The molecule has 6 nitrogen and oxygen atoms in total. The highest BCUT2D eigenvalue weighted by Gasteiger charge is 2.41. The van der Waals surface area contributed by atoms with Gasteiger partial charge in [0.25, 0.3) is 0 Å². The molecule has 17 heavy (non-hydrogen) atoms. The zero-order chi connectivity index (χ0) is 13.3. The molecule has 0 aromatic heterocycles. The van der Waals surface area contributed by atoms with Crippen molar-refractivity contribution in [2.24, 2.45) is 0 Å². The lowest BCUT2D eigenvalue weighted by molar-refractivity contribution is -0.149. The van der Waals surface area contributed by atoms with Crippen molar-refractivity contribution in [3.05, 3.63) is 0 Å². The van der Waals surface area contributed by atoms with Crippen LogP contribution in [-0.4, -0.2) is 55.8 Å². The number of sulfone groups is 1. The van der Waals surface area contributed by atoms with Crippen LogP contribution in [0.3, 0.4) is 0 Å². The minimum atomic E-state index is -3.13. The summed E-state index contributed by atoms with van der Waals surface area (Å²) >= 11 is 0. The molecule has 7 heteroatoms. The Morgan fingerprint density at radius 3 is 2.47 bits per heavy atom. The van der Waals surface area contributed by atoms with E-state index in [1.807, 2.05) is 0 Å². The molecule has 0 bridgehead atoms. The lowest BCUT2D eigenvalue weighted by atomic mass is 9.94. The maximum Gasteiger partial charge on any atom is 0.248 e. The average Bonchev–Trinajstić information content (AvgIpc) is 2.20. The molecule has 0 aliphatic carbocycles. The van der Waals surface area contributed by atoms with Gasteiger partial charge in [-0.25, -0.2) is 8.42 Å². The summed E-state index contributed by atoms with van der Waals surface area (Å²) < 4.78 is 22.1. The second-order valence-corrected chi connectivity index (χ2v) is 6.85. The molecule has 0 aromatic carbocycles. The van der Waals surface area contributed by atoms with E-state index in [1.165, 1.54) is 4.90 Å². The highest BCUT2D eigenvalue weighted by atomic mass is 32.2. The monoisotopic (exact) mass is 262 g/mol. The van der Waals surface area contributed by atoms with Gasteiger partial charge in [0.05, 0.1) is 12.3 Å². The van der Waals surface area contributed by atoms with Crippen molar-refractivity contribution >= 4 is 21.7 Å². The Labute approximate surface area is 101 Å². The Hall–Kier alpha value is -1.11. The molecule has 0 saturated carbocycles. The molecular formula is C10H18N2O4S. The maximum absolute atomic E-state index is 12.1. The molecule has 1 saturated heterocycles. The molecule has 1 aliphatic heterocycles. The number of carbonyl (C=O) groups excluding carboxylic acids is 2.